The van der Waals surface area contributed by atoms with Crippen molar-refractivity contribution in [2.24, 2.45) is 0 Å². The first-order valence-electron chi connectivity index (χ1n) is 8.54. The number of nitrogens with zero attached hydrogens (tertiary/aromatic N) is 1. The summed E-state index contributed by atoms with van der Waals surface area (Å²) in [7, 11) is 0. The van der Waals surface area contributed by atoms with Crippen LogP contribution in [0.4, 0.5) is 5.82 Å². The van der Waals surface area contributed by atoms with Gasteiger partial charge in [0.05, 0.1) is 13.2 Å². The largest absolute Gasteiger partial charge is 0.485 e. The Labute approximate surface area is 133 Å². The number of hydrogen-bond acceptors (Lipinski definition) is 4. The molecule has 0 amide bonds. The quantitative estimate of drug-likeness (QED) is 0.916. The fourth-order valence-electron chi connectivity index (χ4n) is 3.09. The number of pyridine rings is 1. The van der Waals surface area contributed by atoms with Gasteiger partial charge in [-0.2, -0.15) is 0 Å². The topological polar surface area (TPSA) is 43.4 Å². The van der Waals surface area contributed by atoms with E-state index in [9.17, 15) is 0 Å². The third-order valence-corrected chi connectivity index (χ3v) is 4.53. The molecule has 0 spiro atoms. The van der Waals surface area contributed by atoms with Crippen LogP contribution in [0.25, 0.3) is 0 Å². The molecule has 2 heterocycles. The Balaban J connectivity index is 1.77. The monoisotopic (exact) mass is 304 g/mol. The van der Waals surface area contributed by atoms with Crippen LogP contribution in [0.15, 0.2) is 12.3 Å². The van der Waals surface area contributed by atoms with Gasteiger partial charge in [0.1, 0.15) is 17.7 Å². The van der Waals surface area contributed by atoms with E-state index in [1.54, 1.807) is 0 Å². The van der Waals surface area contributed by atoms with Gasteiger partial charge in [-0.3, -0.25) is 0 Å². The molecule has 122 valence electrons. The second-order valence-corrected chi connectivity index (χ2v) is 7.57. The predicted octanol–water partition coefficient (Wildman–Crippen LogP) is 3.90. The molecule has 4 heteroatoms. The lowest BCUT2D eigenvalue weighted by Gasteiger charge is -2.31. The molecule has 1 aliphatic heterocycles. The molecule has 1 aliphatic carbocycles. The Morgan fingerprint density at radius 3 is 2.50 bits per heavy atom. The summed E-state index contributed by atoms with van der Waals surface area (Å²) in [4.78, 5) is 4.63. The zero-order chi connectivity index (χ0) is 15.6. The average Bonchev–Trinajstić information content (AvgIpc) is 2.43. The van der Waals surface area contributed by atoms with E-state index in [1.807, 2.05) is 6.20 Å². The number of hydrogen-bond donors (Lipinski definition) is 1. The summed E-state index contributed by atoms with van der Waals surface area (Å²) in [5.74, 6) is 1.89. The van der Waals surface area contributed by atoms with E-state index < -0.39 is 0 Å². The molecule has 1 saturated heterocycles. The average molecular weight is 304 g/mol. The van der Waals surface area contributed by atoms with Gasteiger partial charge in [-0.05, 0) is 18.3 Å². The smallest absolute Gasteiger partial charge is 0.145 e. The van der Waals surface area contributed by atoms with E-state index in [4.69, 9.17) is 9.47 Å². The Morgan fingerprint density at radius 1 is 1.18 bits per heavy atom. The normalized spacial score (nSPS) is 20.5. The van der Waals surface area contributed by atoms with Gasteiger partial charge < -0.3 is 14.8 Å². The Hall–Kier alpha value is -1.29. The van der Waals surface area contributed by atoms with Crippen LogP contribution in [0.2, 0.25) is 0 Å². The maximum absolute atomic E-state index is 6.13. The Kier molecular flexibility index (Phi) is 4.57. The number of rotatable bonds is 4. The van der Waals surface area contributed by atoms with Gasteiger partial charge in [0.2, 0.25) is 0 Å². The summed E-state index contributed by atoms with van der Waals surface area (Å²) in [6.07, 6.45) is 8.65. The minimum absolute atomic E-state index is 0.0241. The van der Waals surface area contributed by atoms with Crippen molar-refractivity contribution in [1.82, 2.24) is 4.98 Å². The Morgan fingerprint density at radius 2 is 1.91 bits per heavy atom. The van der Waals surface area contributed by atoms with Crippen molar-refractivity contribution in [3.63, 3.8) is 0 Å². The minimum atomic E-state index is 0.0241. The molecule has 2 aliphatic rings. The number of nitrogens with one attached hydrogen (secondary N) is 1. The zero-order valence-electron chi connectivity index (χ0n) is 14.0. The molecule has 0 unspecified atom stereocenters. The van der Waals surface area contributed by atoms with Crippen LogP contribution in [0.3, 0.4) is 0 Å². The van der Waals surface area contributed by atoms with E-state index in [0.29, 0.717) is 19.3 Å². The van der Waals surface area contributed by atoms with Crippen LogP contribution in [0, 0.1) is 0 Å². The lowest BCUT2D eigenvalue weighted by molar-refractivity contribution is -0.0802. The van der Waals surface area contributed by atoms with Crippen LogP contribution < -0.4 is 10.1 Å². The fraction of sp³-hybridized carbons (Fsp3) is 0.722. The molecule has 0 atom stereocenters. The highest BCUT2D eigenvalue weighted by molar-refractivity contribution is 5.48. The first-order valence-corrected chi connectivity index (χ1v) is 8.54. The lowest BCUT2D eigenvalue weighted by atomic mass is 9.87. The van der Waals surface area contributed by atoms with Crippen molar-refractivity contribution in [3.05, 3.63) is 17.8 Å². The van der Waals surface area contributed by atoms with Crippen molar-refractivity contribution in [3.8, 4) is 5.75 Å². The first-order chi connectivity index (χ1) is 10.5. The molecular formula is C18H28N2O2. The third-order valence-electron chi connectivity index (χ3n) is 4.53. The van der Waals surface area contributed by atoms with E-state index in [-0.39, 0.29) is 11.5 Å². The number of aromatic nitrogens is 1. The van der Waals surface area contributed by atoms with Gasteiger partial charge in [-0.1, -0.05) is 40.0 Å². The lowest BCUT2D eigenvalue weighted by Crippen LogP contribution is -2.39. The van der Waals surface area contributed by atoms with Crippen molar-refractivity contribution < 1.29 is 9.47 Å². The molecule has 0 aromatic carbocycles. The van der Waals surface area contributed by atoms with E-state index in [0.717, 1.165) is 17.1 Å². The standard InChI is InChI=1S/C18H28N2O2/c1-18(2,3)15-10-19-17(20-13-7-5-4-6-8-13)9-16(15)22-14-11-21-12-14/h9-10,13-14H,4-8,11-12H2,1-3H3,(H,19,20). The second kappa shape index (κ2) is 6.45. The SMILES string of the molecule is CC(C)(C)c1cnc(NC2CCCCC2)cc1OC1COC1. The summed E-state index contributed by atoms with van der Waals surface area (Å²) >= 11 is 0. The summed E-state index contributed by atoms with van der Waals surface area (Å²) in [6, 6.07) is 2.63. The van der Waals surface area contributed by atoms with Crippen molar-refractivity contribution >= 4 is 5.82 Å². The molecule has 1 N–H and O–H groups in total. The van der Waals surface area contributed by atoms with E-state index in [1.165, 1.54) is 32.1 Å². The molecular weight excluding hydrogens is 276 g/mol. The minimum Gasteiger partial charge on any atom is -0.485 e. The van der Waals surface area contributed by atoms with Gasteiger partial charge in [0, 0.05) is 23.9 Å². The fourth-order valence-corrected chi connectivity index (χ4v) is 3.09. The van der Waals surface area contributed by atoms with Crippen LogP contribution >= 0.6 is 0 Å². The molecule has 1 aromatic heterocycles. The van der Waals surface area contributed by atoms with Gasteiger partial charge >= 0.3 is 0 Å². The van der Waals surface area contributed by atoms with Gasteiger partial charge in [0.25, 0.3) is 0 Å². The predicted molar refractivity (Wildman–Crippen MR) is 88.7 cm³/mol. The first kappa shape index (κ1) is 15.6. The summed E-state index contributed by atoms with van der Waals surface area (Å²) in [5, 5.41) is 3.59. The molecule has 0 bridgehead atoms. The zero-order valence-corrected chi connectivity index (χ0v) is 14.0. The van der Waals surface area contributed by atoms with Crippen molar-refractivity contribution in [2.75, 3.05) is 18.5 Å². The summed E-state index contributed by atoms with van der Waals surface area (Å²) < 4.78 is 11.4. The molecule has 22 heavy (non-hydrogen) atoms. The van der Waals surface area contributed by atoms with Crippen LogP contribution in [-0.4, -0.2) is 30.3 Å². The van der Waals surface area contributed by atoms with Gasteiger partial charge in [-0.15, -0.1) is 0 Å². The highest BCUT2D eigenvalue weighted by atomic mass is 16.6. The highest BCUT2D eigenvalue weighted by Gasteiger charge is 2.26. The molecule has 4 nitrogen and oxygen atoms in total. The molecule has 1 saturated carbocycles. The van der Waals surface area contributed by atoms with Gasteiger partial charge in [0.15, 0.2) is 0 Å². The number of anilines is 1. The second-order valence-electron chi connectivity index (χ2n) is 7.57. The van der Waals surface area contributed by atoms with Crippen LogP contribution in [0.5, 0.6) is 5.75 Å². The van der Waals surface area contributed by atoms with E-state index >= 15 is 0 Å². The van der Waals surface area contributed by atoms with Crippen molar-refractivity contribution in [1.29, 1.82) is 0 Å². The Bertz CT molecular complexity index is 500. The number of ether oxygens (including phenoxy) is 2. The molecule has 2 fully saturated rings. The molecule has 1 aromatic rings. The summed E-state index contributed by atoms with van der Waals surface area (Å²) in [5.41, 5.74) is 1.18. The van der Waals surface area contributed by atoms with Crippen molar-refractivity contribution in [2.45, 2.75) is 70.4 Å². The van der Waals surface area contributed by atoms with Gasteiger partial charge in [-0.25, -0.2) is 4.98 Å². The molecule has 3 rings (SSSR count). The van der Waals surface area contributed by atoms with E-state index in [2.05, 4.69) is 37.1 Å². The third kappa shape index (κ3) is 3.72. The van der Waals surface area contributed by atoms with Crippen LogP contribution in [-0.2, 0) is 10.2 Å². The van der Waals surface area contributed by atoms with Crippen LogP contribution in [0.1, 0.15) is 58.4 Å². The maximum atomic E-state index is 6.13. The summed E-state index contributed by atoms with van der Waals surface area (Å²) in [6.45, 7) is 7.97. The maximum Gasteiger partial charge on any atom is 0.145 e. The molecule has 0 radical (unpaired) electrons. The highest BCUT2D eigenvalue weighted by Crippen LogP contribution is 2.34.